The first kappa shape index (κ1) is 17.9. The third-order valence-electron chi connectivity index (χ3n) is 4.90. The van der Waals surface area contributed by atoms with Gasteiger partial charge in [-0.05, 0) is 6.07 Å². The van der Waals surface area contributed by atoms with Crippen LogP contribution in [0.15, 0.2) is 28.9 Å². The van der Waals surface area contributed by atoms with E-state index in [1.807, 2.05) is 6.07 Å². The molecule has 1 saturated heterocycles. The second kappa shape index (κ2) is 7.26. The van der Waals surface area contributed by atoms with Gasteiger partial charge in [-0.2, -0.15) is 4.98 Å². The summed E-state index contributed by atoms with van der Waals surface area (Å²) in [5.74, 6) is 2.48. The number of ether oxygens (including phenoxy) is 2. The Kier molecular flexibility index (Phi) is 4.64. The van der Waals surface area contributed by atoms with Crippen molar-refractivity contribution in [2.75, 3.05) is 55.9 Å². The first-order valence-corrected chi connectivity index (χ1v) is 8.86. The third kappa shape index (κ3) is 3.04. The first-order chi connectivity index (χ1) is 13.6. The molecule has 1 aromatic carbocycles. The van der Waals surface area contributed by atoms with Crippen molar-refractivity contribution in [1.29, 1.82) is 0 Å². The molecule has 146 valence electrons. The van der Waals surface area contributed by atoms with Gasteiger partial charge in [0.25, 0.3) is 0 Å². The van der Waals surface area contributed by atoms with Crippen molar-refractivity contribution >= 4 is 34.6 Å². The molecule has 0 radical (unpaired) electrons. The summed E-state index contributed by atoms with van der Waals surface area (Å²) in [5, 5.41) is 0.717. The number of benzene rings is 1. The predicted octanol–water partition coefficient (Wildman–Crippen LogP) is 1.96. The Morgan fingerprint density at radius 3 is 2.43 bits per heavy atom. The molecule has 9 heteroatoms. The lowest BCUT2D eigenvalue weighted by molar-refractivity contribution is 0.110. The molecule has 2 aromatic heterocycles. The molecule has 1 aliphatic rings. The van der Waals surface area contributed by atoms with Gasteiger partial charge in [-0.3, -0.25) is 4.79 Å². The molecule has 0 atom stereocenters. The number of hydrogen-bond acceptors (Lipinski definition) is 9. The SMILES string of the molecule is COc1cc2nc(N3CCN(c4ccoc4C=O)CC3)nc(N)c2cc1OC. The average molecular weight is 383 g/mol. The van der Waals surface area contributed by atoms with Gasteiger partial charge in [0, 0.05) is 43.7 Å². The topological polar surface area (TPSA) is 107 Å². The Hall–Kier alpha value is -3.49. The van der Waals surface area contributed by atoms with Gasteiger partial charge < -0.3 is 29.4 Å². The lowest BCUT2D eigenvalue weighted by Gasteiger charge is -2.35. The zero-order chi connectivity index (χ0) is 19.7. The van der Waals surface area contributed by atoms with Crippen LogP contribution in [-0.2, 0) is 0 Å². The van der Waals surface area contributed by atoms with Crippen LogP contribution in [0.5, 0.6) is 11.5 Å². The number of rotatable bonds is 5. The van der Waals surface area contributed by atoms with Gasteiger partial charge in [-0.1, -0.05) is 0 Å². The molecule has 0 unspecified atom stereocenters. The number of piperazine rings is 1. The Balaban J connectivity index is 1.59. The van der Waals surface area contributed by atoms with Crippen molar-refractivity contribution in [3.63, 3.8) is 0 Å². The molecule has 9 nitrogen and oxygen atoms in total. The fourth-order valence-electron chi connectivity index (χ4n) is 3.42. The van der Waals surface area contributed by atoms with E-state index in [-0.39, 0.29) is 0 Å². The Bertz CT molecular complexity index is 1010. The normalized spacial score (nSPS) is 14.4. The maximum absolute atomic E-state index is 11.1. The summed E-state index contributed by atoms with van der Waals surface area (Å²) in [6.07, 6.45) is 2.26. The average Bonchev–Trinajstić information content (AvgIpc) is 3.21. The summed E-state index contributed by atoms with van der Waals surface area (Å²) in [7, 11) is 3.16. The summed E-state index contributed by atoms with van der Waals surface area (Å²) in [5.41, 5.74) is 7.69. The molecule has 0 aliphatic carbocycles. The van der Waals surface area contributed by atoms with Gasteiger partial charge in [0.15, 0.2) is 23.5 Å². The van der Waals surface area contributed by atoms with Crippen LogP contribution in [0.1, 0.15) is 10.6 Å². The smallest absolute Gasteiger partial charge is 0.228 e. The van der Waals surface area contributed by atoms with Gasteiger partial charge in [-0.25, -0.2) is 4.98 Å². The van der Waals surface area contributed by atoms with E-state index in [1.165, 1.54) is 6.26 Å². The first-order valence-electron chi connectivity index (χ1n) is 8.86. The molecule has 1 fully saturated rings. The molecule has 4 rings (SSSR count). The minimum Gasteiger partial charge on any atom is -0.493 e. The van der Waals surface area contributed by atoms with Crippen molar-refractivity contribution in [3.8, 4) is 11.5 Å². The number of anilines is 3. The van der Waals surface area contributed by atoms with Gasteiger partial charge >= 0.3 is 0 Å². The van der Waals surface area contributed by atoms with Gasteiger partial charge in [0.1, 0.15) is 5.82 Å². The summed E-state index contributed by atoms with van der Waals surface area (Å²) in [4.78, 5) is 24.4. The van der Waals surface area contributed by atoms with Gasteiger partial charge in [0.2, 0.25) is 5.95 Å². The number of hydrogen-bond donors (Lipinski definition) is 1. The quantitative estimate of drug-likeness (QED) is 0.662. The van der Waals surface area contributed by atoms with Crippen LogP contribution in [-0.4, -0.2) is 56.7 Å². The van der Waals surface area contributed by atoms with Gasteiger partial charge in [0.05, 0.1) is 31.7 Å². The third-order valence-corrected chi connectivity index (χ3v) is 4.90. The summed E-state index contributed by atoms with van der Waals surface area (Å²) < 4.78 is 15.9. The summed E-state index contributed by atoms with van der Waals surface area (Å²) in [6.45, 7) is 2.82. The van der Waals surface area contributed by atoms with E-state index in [0.717, 1.165) is 12.0 Å². The minimum atomic E-state index is 0.348. The van der Waals surface area contributed by atoms with E-state index in [0.29, 0.717) is 66.1 Å². The number of aromatic nitrogens is 2. The highest BCUT2D eigenvalue weighted by Crippen LogP contribution is 2.34. The summed E-state index contributed by atoms with van der Waals surface area (Å²) >= 11 is 0. The molecule has 3 heterocycles. The van der Waals surface area contributed by atoms with E-state index in [9.17, 15) is 4.79 Å². The van der Waals surface area contributed by atoms with Crippen molar-refractivity contribution in [1.82, 2.24) is 9.97 Å². The van der Waals surface area contributed by atoms with Crippen LogP contribution in [0.3, 0.4) is 0 Å². The van der Waals surface area contributed by atoms with E-state index < -0.39 is 0 Å². The number of fused-ring (bicyclic) bond motifs is 1. The van der Waals surface area contributed by atoms with E-state index >= 15 is 0 Å². The molecule has 1 aliphatic heterocycles. The Morgan fingerprint density at radius 2 is 1.75 bits per heavy atom. The number of nitrogen functional groups attached to an aromatic ring is 1. The van der Waals surface area contributed by atoms with E-state index in [1.54, 1.807) is 26.4 Å². The van der Waals surface area contributed by atoms with Crippen molar-refractivity contribution in [3.05, 3.63) is 30.2 Å². The Labute approximate surface area is 161 Å². The lowest BCUT2D eigenvalue weighted by atomic mass is 10.2. The molecule has 3 aromatic rings. The molecular formula is C19H21N5O4. The summed E-state index contributed by atoms with van der Waals surface area (Å²) in [6, 6.07) is 5.39. The van der Waals surface area contributed by atoms with Crippen LogP contribution < -0.4 is 25.0 Å². The zero-order valence-electron chi connectivity index (χ0n) is 15.7. The van der Waals surface area contributed by atoms with Crippen LogP contribution >= 0.6 is 0 Å². The highest BCUT2D eigenvalue weighted by Gasteiger charge is 2.23. The standard InChI is InChI=1S/C19H21N5O4/c1-26-15-9-12-13(10-16(15)27-2)21-19(22-18(12)20)24-6-4-23(5-7-24)14-3-8-28-17(14)11-25/h3,8-11H,4-7H2,1-2H3,(H2,20,21,22). The largest absolute Gasteiger partial charge is 0.493 e. The van der Waals surface area contributed by atoms with Crippen LogP contribution in [0.4, 0.5) is 17.5 Å². The number of nitrogens with two attached hydrogens (primary N) is 1. The molecule has 0 amide bonds. The van der Waals surface area contributed by atoms with Crippen molar-refractivity contribution in [2.45, 2.75) is 0 Å². The number of aldehydes is 1. The lowest BCUT2D eigenvalue weighted by Crippen LogP contribution is -2.47. The van der Waals surface area contributed by atoms with Crippen LogP contribution in [0.25, 0.3) is 10.9 Å². The number of furan rings is 1. The molecule has 28 heavy (non-hydrogen) atoms. The minimum absolute atomic E-state index is 0.348. The van der Waals surface area contributed by atoms with Crippen LogP contribution in [0, 0.1) is 0 Å². The van der Waals surface area contributed by atoms with Crippen molar-refractivity contribution < 1.29 is 18.7 Å². The van der Waals surface area contributed by atoms with Crippen LogP contribution in [0.2, 0.25) is 0 Å². The fraction of sp³-hybridized carbons (Fsp3) is 0.316. The molecule has 0 saturated carbocycles. The zero-order valence-corrected chi connectivity index (χ0v) is 15.7. The maximum atomic E-state index is 11.1. The second-order valence-electron chi connectivity index (χ2n) is 6.40. The number of carbonyl (C=O) groups is 1. The second-order valence-corrected chi connectivity index (χ2v) is 6.40. The maximum Gasteiger partial charge on any atom is 0.228 e. The van der Waals surface area contributed by atoms with Crippen molar-refractivity contribution in [2.24, 2.45) is 0 Å². The molecule has 0 spiro atoms. The van der Waals surface area contributed by atoms with E-state index in [2.05, 4.69) is 19.8 Å². The number of carbonyl (C=O) groups excluding carboxylic acids is 1. The molecular weight excluding hydrogens is 362 g/mol. The predicted molar refractivity (Wildman–Crippen MR) is 106 cm³/mol. The highest BCUT2D eigenvalue weighted by atomic mass is 16.5. The molecule has 0 bridgehead atoms. The highest BCUT2D eigenvalue weighted by molar-refractivity contribution is 5.91. The fourth-order valence-corrected chi connectivity index (χ4v) is 3.42. The Morgan fingerprint density at radius 1 is 1.07 bits per heavy atom. The molecule has 2 N–H and O–H groups in total. The van der Waals surface area contributed by atoms with E-state index in [4.69, 9.17) is 19.6 Å². The monoisotopic (exact) mass is 383 g/mol. The number of nitrogens with zero attached hydrogens (tertiary/aromatic N) is 4. The van der Waals surface area contributed by atoms with Gasteiger partial charge in [-0.15, -0.1) is 0 Å². The number of methoxy groups -OCH3 is 2.